The first kappa shape index (κ1) is 19.2. The number of phenolic OH excluding ortho intramolecular Hbond substituents is 1. The largest absolute Gasteiger partial charge is 0.506 e. The lowest BCUT2D eigenvalue weighted by atomic mass is 9.99. The predicted molar refractivity (Wildman–Crippen MR) is 115 cm³/mol. The van der Waals surface area contributed by atoms with Crippen LogP contribution in [0.4, 0.5) is 5.69 Å². The third-order valence-corrected chi connectivity index (χ3v) is 5.60. The van der Waals surface area contributed by atoms with Crippen molar-refractivity contribution in [1.82, 2.24) is 0 Å². The van der Waals surface area contributed by atoms with Crippen LogP contribution in [-0.2, 0) is 4.79 Å². The minimum atomic E-state index is -1.08. The number of fused-ring (bicyclic) bond motifs is 1. The number of ketones is 1. The number of amides is 1. The maximum Gasteiger partial charge on any atom is 0.294 e. The van der Waals surface area contributed by atoms with Crippen LogP contribution in [0.25, 0.3) is 11.0 Å². The van der Waals surface area contributed by atoms with Gasteiger partial charge in [-0.25, -0.2) is 0 Å². The van der Waals surface area contributed by atoms with E-state index in [1.165, 1.54) is 18.4 Å². The standard InChI is InChI=1S/C23H14BrNO6/c24-13-7-8-16-12(10-13)11-18(31-16)21(27)19-20(17-6-3-9-30-17)25(23(29)22(19)28)14-4-1-2-5-15(14)26/h1-11,20,26,28H. The number of phenols is 1. The zero-order chi connectivity index (χ0) is 21.7. The van der Waals surface area contributed by atoms with E-state index in [9.17, 15) is 19.8 Å². The summed E-state index contributed by atoms with van der Waals surface area (Å²) in [6.07, 6.45) is 1.40. The molecule has 4 aromatic rings. The first-order chi connectivity index (χ1) is 15.0. The highest BCUT2D eigenvalue weighted by Crippen LogP contribution is 2.44. The van der Waals surface area contributed by atoms with Crippen LogP contribution in [0.3, 0.4) is 0 Å². The van der Waals surface area contributed by atoms with Crippen molar-refractivity contribution in [2.24, 2.45) is 0 Å². The molecule has 0 saturated heterocycles. The number of rotatable bonds is 4. The molecule has 5 rings (SSSR count). The van der Waals surface area contributed by atoms with Gasteiger partial charge >= 0.3 is 0 Å². The Bertz CT molecular complexity index is 1370. The Labute approximate surface area is 183 Å². The Hall–Kier alpha value is -3.78. The lowest BCUT2D eigenvalue weighted by Crippen LogP contribution is -2.30. The Kier molecular flexibility index (Phi) is 4.44. The highest BCUT2D eigenvalue weighted by molar-refractivity contribution is 9.10. The molecule has 0 bridgehead atoms. The average molecular weight is 480 g/mol. The molecular formula is C23H14BrNO6. The summed E-state index contributed by atoms with van der Waals surface area (Å²) < 4.78 is 12.0. The monoisotopic (exact) mass is 479 g/mol. The fraction of sp³-hybridized carbons (Fsp3) is 0.0435. The van der Waals surface area contributed by atoms with Gasteiger partial charge in [-0.1, -0.05) is 28.1 Å². The molecule has 1 aliphatic heterocycles. The van der Waals surface area contributed by atoms with Gasteiger partial charge in [0, 0.05) is 9.86 Å². The maximum absolute atomic E-state index is 13.4. The molecule has 2 N–H and O–H groups in total. The minimum Gasteiger partial charge on any atom is -0.506 e. The summed E-state index contributed by atoms with van der Waals surface area (Å²) in [6.45, 7) is 0. The average Bonchev–Trinajstić information content (AvgIpc) is 3.47. The quantitative estimate of drug-likeness (QED) is 0.386. The molecule has 0 radical (unpaired) electrons. The van der Waals surface area contributed by atoms with Crippen molar-refractivity contribution < 1.29 is 28.6 Å². The van der Waals surface area contributed by atoms with Crippen molar-refractivity contribution in [2.75, 3.05) is 4.90 Å². The molecular weight excluding hydrogens is 466 g/mol. The molecule has 1 amide bonds. The fourth-order valence-electron chi connectivity index (χ4n) is 3.73. The highest BCUT2D eigenvalue weighted by Gasteiger charge is 2.47. The maximum atomic E-state index is 13.4. The van der Waals surface area contributed by atoms with E-state index >= 15 is 0 Å². The molecule has 0 spiro atoms. The van der Waals surface area contributed by atoms with Crippen LogP contribution in [0.15, 0.2) is 91.6 Å². The van der Waals surface area contributed by atoms with Gasteiger partial charge in [0.25, 0.3) is 5.91 Å². The number of halogens is 1. The smallest absolute Gasteiger partial charge is 0.294 e. The van der Waals surface area contributed by atoms with Crippen LogP contribution in [0, 0.1) is 0 Å². The van der Waals surface area contributed by atoms with Gasteiger partial charge in [-0.2, -0.15) is 0 Å². The van der Waals surface area contributed by atoms with E-state index in [-0.39, 0.29) is 28.5 Å². The predicted octanol–water partition coefficient (Wildman–Crippen LogP) is 5.28. The van der Waals surface area contributed by atoms with Crippen LogP contribution in [0.2, 0.25) is 0 Å². The third kappa shape index (κ3) is 3.03. The number of hydrogen-bond donors (Lipinski definition) is 2. The summed E-state index contributed by atoms with van der Waals surface area (Å²) >= 11 is 3.38. The van der Waals surface area contributed by atoms with Crippen molar-refractivity contribution >= 4 is 44.3 Å². The van der Waals surface area contributed by atoms with Crippen LogP contribution < -0.4 is 4.90 Å². The molecule has 7 nitrogen and oxygen atoms in total. The molecule has 0 aliphatic carbocycles. The number of carbonyl (C=O) groups excluding carboxylic acids is 2. The van der Waals surface area contributed by atoms with E-state index in [1.807, 2.05) is 0 Å². The van der Waals surface area contributed by atoms with Gasteiger partial charge in [0.2, 0.25) is 5.78 Å². The Balaban J connectivity index is 1.66. The number of nitrogens with zero attached hydrogens (tertiary/aromatic N) is 1. The minimum absolute atomic E-state index is 0.0295. The van der Waals surface area contributed by atoms with Crippen LogP contribution >= 0.6 is 15.9 Å². The number of anilines is 1. The van der Waals surface area contributed by atoms with Crippen LogP contribution in [0.5, 0.6) is 5.75 Å². The second-order valence-corrected chi connectivity index (χ2v) is 7.88. The molecule has 1 aliphatic rings. The Morgan fingerprint density at radius 3 is 2.58 bits per heavy atom. The van der Waals surface area contributed by atoms with Crippen molar-refractivity contribution in [3.8, 4) is 5.75 Å². The molecule has 31 heavy (non-hydrogen) atoms. The lowest BCUT2D eigenvalue weighted by molar-refractivity contribution is -0.117. The van der Waals surface area contributed by atoms with Crippen molar-refractivity contribution in [3.05, 3.63) is 94.3 Å². The first-order valence-corrected chi connectivity index (χ1v) is 10.1. The number of Topliss-reactive ketones (excluding diaryl/α,β-unsaturated/α-hetero) is 1. The number of aliphatic hydroxyl groups is 1. The zero-order valence-corrected chi connectivity index (χ0v) is 17.4. The number of carbonyl (C=O) groups is 2. The number of aliphatic hydroxyl groups excluding tert-OH is 1. The van der Waals surface area contributed by atoms with Crippen molar-refractivity contribution in [3.63, 3.8) is 0 Å². The lowest BCUT2D eigenvalue weighted by Gasteiger charge is -2.25. The van der Waals surface area contributed by atoms with Crippen LogP contribution in [-0.4, -0.2) is 21.9 Å². The molecule has 2 aromatic carbocycles. The van der Waals surface area contributed by atoms with Crippen molar-refractivity contribution in [1.29, 1.82) is 0 Å². The summed E-state index contributed by atoms with van der Waals surface area (Å²) in [7, 11) is 0. The molecule has 8 heteroatoms. The molecule has 3 heterocycles. The van der Waals surface area contributed by atoms with Gasteiger partial charge in [0.1, 0.15) is 23.1 Å². The third-order valence-electron chi connectivity index (χ3n) is 5.11. The first-order valence-electron chi connectivity index (χ1n) is 9.27. The van der Waals surface area contributed by atoms with Gasteiger partial charge < -0.3 is 19.0 Å². The summed E-state index contributed by atoms with van der Waals surface area (Å²) in [4.78, 5) is 27.6. The molecule has 154 valence electrons. The Morgan fingerprint density at radius 1 is 1.03 bits per heavy atom. The van der Waals surface area contributed by atoms with Gasteiger partial charge in [0.15, 0.2) is 11.5 Å². The summed E-state index contributed by atoms with van der Waals surface area (Å²) in [5.74, 6) is -2.16. The SMILES string of the molecule is O=C(C1=C(O)C(=O)N(c2ccccc2O)C1c1ccco1)c1cc2cc(Br)ccc2o1. The van der Waals surface area contributed by atoms with E-state index < -0.39 is 23.5 Å². The van der Waals surface area contributed by atoms with Gasteiger partial charge in [-0.3, -0.25) is 14.5 Å². The van der Waals surface area contributed by atoms with Gasteiger partial charge in [-0.05, 0) is 48.5 Å². The van der Waals surface area contributed by atoms with E-state index in [0.29, 0.717) is 11.0 Å². The summed E-state index contributed by atoms with van der Waals surface area (Å²) in [6, 6.07) is 15.1. The van der Waals surface area contributed by atoms with E-state index in [0.717, 1.165) is 9.37 Å². The number of para-hydroxylation sites is 2. The number of aromatic hydroxyl groups is 1. The molecule has 2 aromatic heterocycles. The number of hydrogen-bond acceptors (Lipinski definition) is 6. The number of furan rings is 2. The fourth-order valence-corrected chi connectivity index (χ4v) is 4.11. The Morgan fingerprint density at radius 2 is 1.84 bits per heavy atom. The second kappa shape index (κ2) is 7.17. The molecule has 0 saturated carbocycles. The second-order valence-electron chi connectivity index (χ2n) is 6.97. The van der Waals surface area contributed by atoms with Crippen LogP contribution in [0.1, 0.15) is 22.4 Å². The molecule has 1 atom stereocenters. The van der Waals surface area contributed by atoms with E-state index in [2.05, 4.69) is 15.9 Å². The summed E-state index contributed by atoms with van der Waals surface area (Å²) in [5.41, 5.74) is 0.432. The molecule has 0 fully saturated rings. The van der Waals surface area contributed by atoms with E-state index in [1.54, 1.807) is 48.5 Å². The molecule has 1 unspecified atom stereocenters. The van der Waals surface area contributed by atoms with Crippen molar-refractivity contribution in [2.45, 2.75) is 6.04 Å². The normalized spacial score (nSPS) is 16.5. The number of benzene rings is 2. The van der Waals surface area contributed by atoms with Gasteiger partial charge in [-0.15, -0.1) is 0 Å². The van der Waals surface area contributed by atoms with E-state index in [4.69, 9.17) is 8.83 Å². The summed E-state index contributed by atoms with van der Waals surface area (Å²) in [5, 5.41) is 21.7. The van der Waals surface area contributed by atoms with Gasteiger partial charge in [0.05, 0.1) is 17.5 Å². The topological polar surface area (TPSA) is 104 Å². The highest BCUT2D eigenvalue weighted by atomic mass is 79.9. The zero-order valence-electron chi connectivity index (χ0n) is 15.8.